The number of pyridine rings is 1. The molecule has 2 heterocycles. The summed E-state index contributed by atoms with van der Waals surface area (Å²) in [5.74, 6) is -1.89. The summed E-state index contributed by atoms with van der Waals surface area (Å²) in [6.45, 7) is 0.642. The van der Waals surface area contributed by atoms with Crippen LogP contribution in [0.2, 0.25) is 0 Å². The third-order valence-corrected chi connectivity index (χ3v) is 5.18. The van der Waals surface area contributed by atoms with Gasteiger partial charge in [0.2, 0.25) is 0 Å². The van der Waals surface area contributed by atoms with Crippen molar-refractivity contribution in [2.75, 3.05) is 13.1 Å². The number of aromatic nitrogens is 1. The Bertz CT molecular complexity index is 601. The van der Waals surface area contributed by atoms with Crippen LogP contribution in [0, 0.1) is 23.6 Å². The van der Waals surface area contributed by atoms with Crippen LogP contribution in [0.3, 0.4) is 0 Å². The summed E-state index contributed by atoms with van der Waals surface area (Å²) in [4.78, 5) is 29.4. The smallest absolute Gasteiger partial charge is 0.308 e. The zero-order valence-corrected chi connectivity index (χ0v) is 12.9. The third-order valence-electron chi connectivity index (χ3n) is 5.18. The minimum atomic E-state index is -0.840. The molecule has 23 heavy (non-hydrogen) atoms. The van der Waals surface area contributed by atoms with Crippen LogP contribution in [-0.4, -0.2) is 40.0 Å². The van der Waals surface area contributed by atoms with Crippen molar-refractivity contribution in [2.24, 2.45) is 17.8 Å². The molecule has 1 saturated heterocycles. The Labute approximate surface area is 134 Å². The van der Waals surface area contributed by atoms with Gasteiger partial charge in [-0.3, -0.25) is 14.6 Å². The molecule has 0 radical (unpaired) electrons. The van der Waals surface area contributed by atoms with Gasteiger partial charge in [0.15, 0.2) is 0 Å². The van der Waals surface area contributed by atoms with Crippen LogP contribution in [-0.2, 0) is 4.79 Å². The van der Waals surface area contributed by atoms with Crippen molar-refractivity contribution in [1.29, 1.82) is 0 Å². The van der Waals surface area contributed by atoms with Gasteiger partial charge in [0.25, 0.3) is 5.91 Å². The lowest BCUT2D eigenvalue weighted by Gasteiger charge is -2.29. The molecule has 124 valence electrons. The summed E-state index contributed by atoms with van der Waals surface area (Å²) < 4.78 is 13.3. The highest BCUT2D eigenvalue weighted by Crippen LogP contribution is 2.38. The maximum Gasteiger partial charge on any atom is 0.308 e. The number of halogens is 1. The van der Waals surface area contributed by atoms with Crippen LogP contribution in [0.1, 0.15) is 42.5 Å². The van der Waals surface area contributed by atoms with Gasteiger partial charge in [-0.05, 0) is 17.9 Å². The molecule has 2 aliphatic rings. The van der Waals surface area contributed by atoms with E-state index in [0.717, 1.165) is 37.9 Å². The second-order valence-corrected chi connectivity index (χ2v) is 6.61. The van der Waals surface area contributed by atoms with Crippen molar-refractivity contribution in [3.05, 3.63) is 29.8 Å². The molecule has 0 unspecified atom stereocenters. The maximum absolute atomic E-state index is 13.3. The van der Waals surface area contributed by atoms with Crippen molar-refractivity contribution in [2.45, 2.75) is 32.1 Å². The van der Waals surface area contributed by atoms with E-state index >= 15 is 0 Å². The van der Waals surface area contributed by atoms with Crippen molar-refractivity contribution in [3.8, 4) is 0 Å². The summed E-state index contributed by atoms with van der Waals surface area (Å²) in [6.07, 6.45) is 7.93. The Hall–Kier alpha value is -1.98. The molecule has 0 bridgehead atoms. The molecule has 0 spiro atoms. The van der Waals surface area contributed by atoms with Crippen molar-refractivity contribution in [3.63, 3.8) is 0 Å². The summed E-state index contributed by atoms with van der Waals surface area (Å²) >= 11 is 0. The molecule has 1 aliphatic carbocycles. The number of likely N-dealkylation sites (tertiary alicyclic amines) is 1. The van der Waals surface area contributed by atoms with Gasteiger partial charge in [0.1, 0.15) is 5.82 Å². The molecule has 1 aromatic rings. The van der Waals surface area contributed by atoms with Crippen LogP contribution in [0.25, 0.3) is 0 Å². The first-order valence-electron chi connectivity index (χ1n) is 8.19. The molecule has 1 amide bonds. The Balaban J connectivity index is 1.76. The lowest BCUT2D eigenvalue weighted by molar-refractivity contribution is -0.143. The quantitative estimate of drug-likeness (QED) is 0.929. The number of carbonyl (C=O) groups excluding carboxylic acids is 1. The molecule has 6 heteroatoms. The van der Waals surface area contributed by atoms with E-state index in [-0.39, 0.29) is 23.9 Å². The van der Waals surface area contributed by atoms with E-state index in [4.69, 9.17) is 0 Å². The second-order valence-electron chi connectivity index (χ2n) is 6.61. The minimum absolute atomic E-state index is 0.00160. The zero-order valence-electron chi connectivity index (χ0n) is 12.9. The SMILES string of the molecule is O=C(O)[C@@H]1CN(C(=O)c2cncc(F)c2)C[C@H]1C1CCCCC1. The molecular formula is C17H21FN2O3. The Morgan fingerprint density at radius 3 is 2.57 bits per heavy atom. The van der Waals surface area contributed by atoms with E-state index in [9.17, 15) is 19.1 Å². The van der Waals surface area contributed by atoms with Crippen LogP contribution in [0.4, 0.5) is 4.39 Å². The summed E-state index contributed by atoms with van der Waals surface area (Å²) in [6, 6.07) is 1.15. The number of aliphatic carboxylic acids is 1. The highest BCUT2D eigenvalue weighted by molar-refractivity contribution is 5.94. The van der Waals surface area contributed by atoms with Gasteiger partial charge in [-0.25, -0.2) is 4.39 Å². The van der Waals surface area contributed by atoms with E-state index in [1.165, 1.54) is 12.6 Å². The van der Waals surface area contributed by atoms with Gasteiger partial charge in [0, 0.05) is 19.3 Å². The highest BCUT2D eigenvalue weighted by atomic mass is 19.1. The molecule has 0 aromatic carbocycles. The number of amides is 1. The molecule has 1 aliphatic heterocycles. The lowest BCUT2D eigenvalue weighted by atomic mass is 9.75. The molecular weight excluding hydrogens is 299 g/mol. The van der Waals surface area contributed by atoms with E-state index in [1.54, 1.807) is 4.90 Å². The van der Waals surface area contributed by atoms with Gasteiger partial charge >= 0.3 is 5.97 Å². The molecule has 5 nitrogen and oxygen atoms in total. The first-order chi connectivity index (χ1) is 11.1. The standard InChI is InChI=1S/C17H21FN2O3/c18-13-6-12(7-19-8-13)16(21)20-9-14(15(10-20)17(22)23)11-4-2-1-3-5-11/h6-8,11,14-15H,1-5,9-10H2,(H,22,23)/t14-,15+/m0/s1. The van der Waals surface area contributed by atoms with Crippen LogP contribution in [0.5, 0.6) is 0 Å². The monoisotopic (exact) mass is 320 g/mol. The van der Waals surface area contributed by atoms with Gasteiger partial charge in [0.05, 0.1) is 17.7 Å². The van der Waals surface area contributed by atoms with Crippen molar-refractivity contribution in [1.82, 2.24) is 9.88 Å². The minimum Gasteiger partial charge on any atom is -0.481 e. The zero-order chi connectivity index (χ0) is 16.4. The predicted molar refractivity (Wildman–Crippen MR) is 81.3 cm³/mol. The highest BCUT2D eigenvalue weighted by Gasteiger charge is 2.43. The normalized spacial score (nSPS) is 25.5. The van der Waals surface area contributed by atoms with E-state index in [2.05, 4.69) is 4.98 Å². The number of carbonyl (C=O) groups is 2. The van der Waals surface area contributed by atoms with Crippen LogP contribution in [0.15, 0.2) is 18.5 Å². The Kier molecular flexibility index (Phi) is 4.59. The van der Waals surface area contributed by atoms with Crippen molar-refractivity contribution < 1.29 is 19.1 Å². The number of carboxylic acids is 1. The number of carboxylic acid groups (broad SMARTS) is 1. The van der Waals surface area contributed by atoms with Crippen LogP contribution >= 0.6 is 0 Å². The maximum atomic E-state index is 13.3. The molecule has 2 fully saturated rings. The van der Waals surface area contributed by atoms with E-state index in [1.807, 2.05) is 0 Å². The third kappa shape index (κ3) is 3.35. The largest absolute Gasteiger partial charge is 0.481 e. The second kappa shape index (κ2) is 6.64. The van der Waals surface area contributed by atoms with Gasteiger partial charge in [-0.1, -0.05) is 32.1 Å². The topological polar surface area (TPSA) is 70.5 Å². The Morgan fingerprint density at radius 1 is 1.17 bits per heavy atom. The lowest BCUT2D eigenvalue weighted by Crippen LogP contribution is -2.30. The fourth-order valence-electron chi connectivity index (χ4n) is 4.01. The summed E-state index contributed by atoms with van der Waals surface area (Å²) in [5, 5.41) is 9.52. The molecule has 1 saturated carbocycles. The fraction of sp³-hybridized carbons (Fsp3) is 0.588. The fourth-order valence-corrected chi connectivity index (χ4v) is 4.01. The molecule has 2 atom stereocenters. The first-order valence-corrected chi connectivity index (χ1v) is 8.19. The van der Waals surface area contributed by atoms with Gasteiger partial charge < -0.3 is 10.0 Å². The molecule has 1 aromatic heterocycles. The Morgan fingerprint density at radius 2 is 1.91 bits per heavy atom. The van der Waals surface area contributed by atoms with E-state index in [0.29, 0.717) is 12.5 Å². The predicted octanol–water partition coefficient (Wildman–Crippen LogP) is 2.57. The molecule has 1 N–H and O–H groups in total. The van der Waals surface area contributed by atoms with Crippen LogP contribution < -0.4 is 0 Å². The number of nitrogens with zero attached hydrogens (tertiary/aromatic N) is 2. The van der Waals surface area contributed by atoms with Gasteiger partial charge in [-0.2, -0.15) is 0 Å². The summed E-state index contributed by atoms with van der Waals surface area (Å²) in [7, 11) is 0. The van der Waals surface area contributed by atoms with E-state index < -0.39 is 17.7 Å². The summed E-state index contributed by atoms with van der Waals surface area (Å²) in [5.41, 5.74) is 0.179. The first kappa shape index (κ1) is 15.9. The number of hydrogen-bond donors (Lipinski definition) is 1. The average molecular weight is 320 g/mol. The number of rotatable bonds is 3. The van der Waals surface area contributed by atoms with Crippen molar-refractivity contribution >= 4 is 11.9 Å². The number of hydrogen-bond acceptors (Lipinski definition) is 3. The average Bonchev–Trinajstić information content (AvgIpc) is 3.00. The molecule has 3 rings (SSSR count). The van der Waals surface area contributed by atoms with Gasteiger partial charge in [-0.15, -0.1) is 0 Å².